The van der Waals surface area contributed by atoms with E-state index in [0.29, 0.717) is 5.75 Å². The number of amides is 1. The number of rotatable bonds is 8. The summed E-state index contributed by atoms with van der Waals surface area (Å²) in [4.78, 5) is 12.0. The largest absolute Gasteiger partial charge is 0.353 e. The van der Waals surface area contributed by atoms with E-state index in [4.69, 9.17) is 0 Å². The molecule has 0 bridgehead atoms. The smallest absolute Gasteiger partial charge is 0.230 e. The number of benzene rings is 1. The van der Waals surface area contributed by atoms with E-state index in [2.05, 4.69) is 48.4 Å². The fourth-order valence-corrected chi connectivity index (χ4v) is 3.16. The van der Waals surface area contributed by atoms with Crippen LogP contribution in [0.15, 0.2) is 35.7 Å². The molecule has 124 valence electrons. The third-order valence-corrected chi connectivity index (χ3v) is 4.77. The van der Waals surface area contributed by atoms with Gasteiger partial charge in [0.15, 0.2) is 5.16 Å². The Balaban J connectivity index is 2.06. The van der Waals surface area contributed by atoms with Gasteiger partial charge in [0.1, 0.15) is 6.33 Å². The predicted molar refractivity (Wildman–Crippen MR) is 94.0 cm³/mol. The Morgan fingerprint density at radius 1 is 1.26 bits per heavy atom. The van der Waals surface area contributed by atoms with Crippen LogP contribution < -0.4 is 5.32 Å². The lowest BCUT2D eigenvalue weighted by Crippen LogP contribution is -2.35. The molecule has 0 atom stereocenters. The number of hydrogen-bond donors (Lipinski definition) is 1. The summed E-state index contributed by atoms with van der Waals surface area (Å²) in [6.07, 6.45) is 4.54. The third kappa shape index (κ3) is 4.58. The maximum absolute atomic E-state index is 12.0. The normalized spacial score (nSPS) is 11.0. The summed E-state index contributed by atoms with van der Waals surface area (Å²) in [6.45, 7) is 6.29. The average molecular weight is 332 g/mol. The Bertz CT molecular complexity index is 637. The van der Waals surface area contributed by atoms with E-state index in [1.54, 1.807) is 6.33 Å². The van der Waals surface area contributed by atoms with Crippen LogP contribution in [0, 0.1) is 0 Å². The van der Waals surface area contributed by atoms with Gasteiger partial charge in [-0.2, -0.15) is 0 Å². The van der Waals surface area contributed by atoms with Gasteiger partial charge in [0.2, 0.25) is 5.91 Å². The Kier molecular flexibility index (Phi) is 6.65. The van der Waals surface area contributed by atoms with Crippen LogP contribution in [0.2, 0.25) is 0 Å². The van der Waals surface area contributed by atoms with Crippen LogP contribution >= 0.6 is 11.8 Å². The molecule has 2 aromatic rings. The van der Waals surface area contributed by atoms with Gasteiger partial charge in [-0.05, 0) is 30.9 Å². The van der Waals surface area contributed by atoms with Crippen molar-refractivity contribution in [1.82, 2.24) is 20.1 Å². The molecule has 0 saturated carbocycles. The fourth-order valence-electron chi connectivity index (χ4n) is 2.43. The maximum Gasteiger partial charge on any atom is 0.230 e. The first-order valence-electron chi connectivity index (χ1n) is 8.10. The van der Waals surface area contributed by atoms with Crippen LogP contribution in [-0.4, -0.2) is 32.5 Å². The van der Waals surface area contributed by atoms with Crippen molar-refractivity contribution in [1.29, 1.82) is 0 Å². The van der Waals surface area contributed by atoms with Crippen molar-refractivity contribution >= 4 is 17.7 Å². The Labute approximate surface area is 141 Å². The van der Waals surface area contributed by atoms with Crippen LogP contribution in [0.3, 0.4) is 0 Å². The van der Waals surface area contributed by atoms with Gasteiger partial charge in [0.25, 0.3) is 0 Å². The Morgan fingerprint density at radius 3 is 2.70 bits per heavy atom. The van der Waals surface area contributed by atoms with Gasteiger partial charge in [0.05, 0.1) is 11.4 Å². The van der Waals surface area contributed by atoms with Crippen molar-refractivity contribution in [3.05, 3.63) is 36.2 Å². The van der Waals surface area contributed by atoms with Gasteiger partial charge < -0.3 is 5.32 Å². The predicted octanol–water partition coefficient (Wildman–Crippen LogP) is 3.23. The Morgan fingerprint density at radius 2 is 2.00 bits per heavy atom. The maximum atomic E-state index is 12.0. The lowest BCUT2D eigenvalue weighted by molar-refractivity contribution is -0.119. The van der Waals surface area contributed by atoms with E-state index in [-0.39, 0.29) is 11.9 Å². The number of thioether (sulfide) groups is 1. The van der Waals surface area contributed by atoms with E-state index < -0.39 is 0 Å². The lowest BCUT2D eigenvalue weighted by atomic mass is 10.1. The minimum Gasteiger partial charge on any atom is -0.353 e. The first kappa shape index (κ1) is 17.5. The highest BCUT2D eigenvalue weighted by Crippen LogP contribution is 2.22. The van der Waals surface area contributed by atoms with Gasteiger partial charge in [-0.3, -0.25) is 9.36 Å². The lowest BCUT2D eigenvalue weighted by Gasteiger charge is -2.14. The van der Waals surface area contributed by atoms with Crippen molar-refractivity contribution in [3.63, 3.8) is 0 Å². The second-order valence-electron chi connectivity index (χ2n) is 5.34. The molecule has 0 aliphatic heterocycles. The molecule has 0 fully saturated rings. The summed E-state index contributed by atoms with van der Waals surface area (Å²) in [7, 11) is 0. The highest BCUT2D eigenvalue weighted by atomic mass is 32.2. The van der Waals surface area contributed by atoms with Crippen LogP contribution in [0.4, 0.5) is 0 Å². The van der Waals surface area contributed by atoms with E-state index in [1.807, 2.05) is 16.7 Å². The molecular weight excluding hydrogens is 308 g/mol. The molecule has 0 saturated heterocycles. The SMILES string of the molecule is CCc1ccccc1-n1cnnc1SCC(=O)NC(CC)CC. The Hall–Kier alpha value is -1.82. The van der Waals surface area contributed by atoms with Crippen molar-refractivity contribution in [2.45, 2.75) is 51.2 Å². The number of carbonyl (C=O) groups is 1. The molecule has 1 aromatic heterocycles. The van der Waals surface area contributed by atoms with Crippen LogP contribution in [0.25, 0.3) is 5.69 Å². The first-order chi connectivity index (χ1) is 11.2. The number of hydrogen-bond acceptors (Lipinski definition) is 4. The standard InChI is InChI=1S/C17H24N4OS/c1-4-13-9-7-8-10-15(13)21-12-18-20-17(21)23-11-16(22)19-14(5-2)6-3/h7-10,12,14H,4-6,11H2,1-3H3,(H,19,22). The van der Waals surface area contributed by atoms with Crippen LogP contribution in [-0.2, 0) is 11.2 Å². The zero-order chi connectivity index (χ0) is 16.7. The van der Waals surface area contributed by atoms with Gasteiger partial charge in [0, 0.05) is 6.04 Å². The number of aryl methyl sites for hydroxylation is 1. The topological polar surface area (TPSA) is 59.8 Å². The molecule has 6 heteroatoms. The molecule has 1 N–H and O–H groups in total. The van der Waals surface area contributed by atoms with Crippen molar-refractivity contribution in [3.8, 4) is 5.69 Å². The van der Waals surface area contributed by atoms with Crippen molar-refractivity contribution < 1.29 is 4.79 Å². The summed E-state index contributed by atoms with van der Waals surface area (Å²) in [5, 5.41) is 11.9. The van der Waals surface area contributed by atoms with Crippen molar-refractivity contribution in [2.75, 3.05) is 5.75 Å². The number of carbonyl (C=O) groups excluding carboxylic acids is 1. The minimum absolute atomic E-state index is 0.0435. The molecule has 0 spiro atoms. The molecule has 1 heterocycles. The van der Waals surface area contributed by atoms with E-state index in [0.717, 1.165) is 30.1 Å². The molecule has 23 heavy (non-hydrogen) atoms. The molecule has 5 nitrogen and oxygen atoms in total. The molecule has 1 amide bonds. The van der Waals surface area contributed by atoms with Crippen molar-refractivity contribution in [2.24, 2.45) is 0 Å². The number of nitrogens with zero attached hydrogens (tertiary/aromatic N) is 3. The second-order valence-corrected chi connectivity index (χ2v) is 6.28. The van der Waals surface area contributed by atoms with Gasteiger partial charge >= 0.3 is 0 Å². The molecule has 0 radical (unpaired) electrons. The first-order valence-corrected chi connectivity index (χ1v) is 9.08. The molecular formula is C17H24N4OS. The highest BCUT2D eigenvalue weighted by Gasteiger charge is 2.13. The average Bonchev–Trinajstić information content (AvgIpc) is 3.06. The zero-order valence-electron chi connectivity index (χ0n) is 14.0. The summed E-state index contributed by atoms with van der Waals surface area (Å²) in [5.41, 5.74) is 2.30. The summed E-state index contributed by atoms with van der Waals surface area (Å²) < 4.78 is 1.95. The highest BCUT2D eigenvalue weighted by molar-refractivity contribution is 7.99. The van der Waals surface area contributed by atoms with E-state index >= 15 is 0 Å². The van der Waals surface area contributed by atoms with Gasteiger partial charge in [-0.25, -0.2) is 0 Å². The van der Waals surface area contributed by atoms with Crippen LogP contribution in [0.1, 0.15) is 39.2 Å². The van der Waals surface area contributed by atoms with E-state index in [1.165, 1.54) is 17.3 Å². The minimum atomic E-state index is 0.0435. The number of para-hydroxylation sites is 1. The monoisotopic (exact) mass is 332 g/mol. The molecule has 2 rings (SSSR count). The molecule has 0 aliphatic rings. The molecule has 0 aliphatic carbocycles. The summed E-state index contributed by atoms with van der Waals surface area (Å²) in [6, 6.07) is 8.44. The summed E-state index contributed by atoms with van der Waals surface area (Å²) in [5.74, 6) is 0.394. The zero-order valence-corrected chi connectivity index (χ0v) is 14.8. The summed E-state index contributed by atoms with van der Waals surface area (Å²) >= 11 is 1.42. The van der Waals surface area contributed by atoms with Gasteiger partial charge in [-0.15, -0.1) is 10.2 Å². The molecule has 1 aromatic carbocycles. The quantitative estimate of drug-likeness (QED) is 0.754. The molecule has 0 unspecified atom stereocenters. The second kappa shape index (κ2) is 8.72. The van der Waals surface area contributed by atoms with E-state index in [9.17, 15) is 4.79 Å². The van der Waals surface area contributed by atoms with Gasteiger partial charge in [-0.1, -0.05) is 50.7 Å². The van der Waals surface area contributed by atoms with Crippen LogP contribution in [0.5, 0.6) is 0 Å². The number of aromatic nitrogens is 3. The third-order valence-electron chi connectivity index (χ3n) is 3.83. The fraction of sp³-hybridized carbons (Fsp3) is 0.471. The number of nitrogens with one attached hydrogen (secondary N) is 1.